The minimum absolute atomic E-state index is 0.00958. The van der Waals surface area contributed by atoms with Gasteiger partial charge in [0.25, 0.3) is 0 Å². The van der Waals surface area contributed by atoms with E-state index in [1.54, 1.807) is 0 Å². The number of ether oxygens (including phenoxy) is 1. The first-order valence-corrected chi connectivity index (χ1v) is 10.3. The van der Waals surface area contributed by atoms with E-state index in [-0.39, 0.29) is 31.9 Å². The highest BCUT2D eigenvalue weighted by atomic mass is 19.3. The average molecular weight is 446 g/mol. The molecule has 2 aromatic rings. The lowest BCUT2D eigenvalue weighted by atomic mass is 9.98. The number of carbonyl (C=O) groups excluding carboxylic acids is 2. The van der Waals surface area contributed by atoms with Crippen LogP contribution in [0.1, 0.15) is 36.3 Å². The average Bonchev–Trinajstić information content (AvgIpc) is 3.08. The molecule has 1 atom stereocenters. The molecule has 0 saturated carbocycles. The molecule has 0 aliphatic heterocycles. The van der Waals surface area contributed by atoms with Crippen LogP contribution >= 0.6 is 0 Å². The predicted molar refractivity (Wildman–Crippen MR) is 112 cm³/mol. The van der Waals surface area contributed by atoms with E-state index in [2.05, 4.69) is 10.6 Å². The summed E-state index contributed by atoms with van der Waals surface area (Å²) in [6.45, 7) is -0.0404. The number of amides is 2. The van der Waals surface area contributed by atoms with Gasteiger partial charge in [0.05, 0.1) is 6.42 Å². The van der Waals surface area contributed by atoms with E-state index in [1.165, 1.54) is 0 Å². The summed E-state index contributed by atoms with van der Waals surface area (Å²) in [5.41, 5.74) is 4.15. The normalized spacial score (nSPS) is 13.2. The number of nitrogens with one attached hydrogen (secondary N) is 2. The van der Waals surface area contributed by atoms with Gasteiger partial charge < -0.3 is 20.5 Å². The Morgan fingerprint density at radius 3 is 2.16 bits per heavy atom. The van der Waals surface area contributed by atoms with E-state index in [0.29, 0.717) is 0 Å². The molecule has 0 bridgehead atoms. The monoisotopic (exact) mass is 446 g/mol. The fourth-order valence-electron chi connectivity index (χ4n) is 3.76. The zero-order valence-corrected chi connectivity index (χ0v) is 17.2. The number of alkyl carbamates (subject to hydrolysis) is 1. The Hall–Kier alpha value is -3.49. The van der Waals surface area contributed by atoms with Crippen molar-refractivity contribution < 1.29 is 33.0 Å². The zero-order chi connectivity index (χ0) is 23.1. The van der Waals surface area contributed by atoms with Gasteiger partial charge in [-0.25, -0.2) is 13.6 Å². The molecule has 0 saturated heterocycles. The zero-order valence-electron chi connectivity index (χ0n) is 17.2. The third-order valence-corrected chi connectivity index (χ3v) is 5.23. The summed E-state index contributed by atoms with van der Waals surface area (Å²) in [6, 6.07) is 14.2. The highest BCUT2D eigenvalue weighted by molar-refractivity contribution is 5.89. The highest BCUT2D eigenvalue weighted by Gasteiger charge is 2.30. The van der Waals surface area contributed by atoms with Gasteiger partial charge in [0.1, 0.15) is 12.6 Å². The van der Waals surface area contributed by atoms with Gasteiger partial charge in [-0.05, 0) is 28.7 Å². The summed E-state index contributed by atoms with van der Waals surface area (Å²) in [7, 11) is 0. The molecule has 1 aliphatic carbocycles. The second-order valence-corrected chi connectivity index (χ2v) is 7.44. The number of benzene rings is 2. The number of aliphatic carboxylic acids is 1. The van der Waals surface area contributed by atoms with Gasteiger partial charge in [0.2, 0.25) is 12.3 Å². The first-order valence-electron chi connectivity index (χ1n) is 10.3. The third-order valence-electron chi connectivity index (χ3n) is 5.23. The first kappa shape index (κ1) is 23.2. The van der Waals surface area contributed by atoms with Crippen molar-refractivity contribution in [3.63, 3.8) is 0 Å². The van der Waals surface area contributed by atoms with Gasteiger partial charge >= 0.3 is 12.1 Å². The number of hydrogen-bond donors (Lipinski definition) is 3. The number of fused-ring (bicyclic) bond motifs is 3. The number of carboxylic acid groups (broad SMARTS) is 1. The van der Waals surface area contributed by atoms with E-state index in [4.69, 9.17) is 9.84 Å². The molecule has 1 unspecified atom stereocenters. The SMILES string of the molecule is O=C(O)CC(NC(=O)OCC1c2ccccc2-c2ccccc21)C(=O)NCCCC(F)F. The van der Waals surface area contributed by atoms with Crippen LogP contribution in [-0.4, -0.2) is 48.7 Å². The van der Waals surface area contributed by atoms with Crippen LogP contribution in [0.15, 0.2) is 48.5 Å². The molecule has 7 nitrogen and oxygen atoms in total. The van der Waals surface area contributed by atoms with Gasteiger partial charge in [0.15, 0.2) is 0 Å². The van der Waals surface area contributed by atoms with E-state index < -0.39 is 36.9 Å². The van der Waals surface area contributed by atoms with Crippen LogP contribution in [0.4, 0.5) is 13.6 Å². The predicted octanol–water partition coefficient (Wildman–Crippen LogP) is 3.53. The first-order chi connectivity index (χ1) is 15.4. The summed E-state index contributed by atoms with van der Waals surface area (Å²) >= 11 is 0. The lowest BCUT2D eigenvalue weighted by molar-refractivity contribution is -0.139. The number of carboxylic acids is 1. The molecule has 3 rings (SSSR count). The van der Waals surface area contributed by atoms with Crippen LogP contribution in [0.25, 0.3) is 11.1 Å². The summed E-state index contributed by atoms with van der Waals surface area (Å²) < 4.78 is 29.7. The van der Waals surface area contributed by atoms with Crippen LogP contribution in [0.3, 0.4) is 0 Å². The molecule has 170 valence electrons. The van der Waals surface area contributed by atoms with Crippen LogP contribution in [0.2, 0.25) is 0 Å². The van der Waals surface area contributed by atoms with Crippen molar-refractivity contribution >= 4 is 18.0 Å². The maximum absolute atomic E-state index is 12.3. The summed E-state index contributed by atoms with van der Waals surface area (Å²) in [6.07, 6.45) is -4.43. The molecule has 3 N–H and O–H groups in total. The molecule has 32 heavy (non-hydrogen) atoms. The summed E-state index contributed by atoms with van der Waals surface area (Å²) in [5, 5.41) is 13.7. The fraction of sp³-hybridized carbons (Fsp3) is 0.348. The van der Waals surface area contributed by atoms with Crippen LogP contribution in [0, 0.1) is 0 Å². The van der Waals surface area contributed by atoms with Crippen molar-refractivity contribution in [3.05, 3.63) is 59.7 Å². The van der Waals surface area contributed by atoms with Gasteiger partial charge in [0, 0.05) is 18.9 Å². The Labute approximate surface area is 183 Å². The lowest BCUT2D eigenvalue weighted by Gasteiger charge is -2.18. The quantitative estimate of drug-likeness (QED) is 0.485. The Kier molecular flexibility index (Phi) is 7.75. The smallest absolute Gasteiger partial charge is 0.407 e. The lowest BCUT2D eigenvalue weighted by Crippen LogP contribution is -2.48. The Morgan fingerprint density at radius 2 is 1.59 bits per heavy atom. The third kappa shape index (κ3) is 5.81. The largest absolute Gasteiger partial charge is 0.481 e. The summed E-state index contributed by atoms with van der Waals surface area (Å²) in [4.78, 5) is 35.6. The number of hydrogen-bond acceptors (Lipinski definition) is 4. The van der Waals surface area contributed by atoms with Crippen molar-refractivity contribution in [1.29, 1.82) is 0 Å². The molecule has 0 spiro atoms. The second kappa shape index (κ2) is 10.7. The van der Waals surface area contributed by atoms with Crippen LogP contribution < -0.4 is 10.6 Å². The molecule has 9 heteroatoms. The second-order valence-electron chi connectivity index (χ2n) is 7.44. The van der Waals surface area contributed by atoms with E-state index in [9.17, 15) is 23.2 Å². The Bertz CT molecular complexity index is 937. The van der Waals surface area contributed by atoms with E-state index in [1.807, 2.05) is 48.5 Å². The van der Waals surface area contributed by atoms with Gasteiger partial charge in [-0.15, -0.1) is 0 Å². The maximum atomic E-state index is 12.3. The maximum Gasteiger partial charge on any atom is 0.407 e. The van der Waals surface area contributed by atoms with Crippen molar-refractivity contribution in [2.24, 2.45) is 0 Å². The van der Waals surface area contributed by atoms with Gasteiger partial charge in [-0.2, -0.15) is 0 Å². The molecule has 0 radical (unpaired) electrons. The molecular weight excluding hydrogens is 422 g/mol. The molecule has 2 aromatic carbocycles. The molecule has 0 heterocycles. The minimum atomic E-state index is -2.49. The van der Waals surface area contributed by atoms with Crippen LogP contribution in [0.5, 0.6) is 0 Å². The van der Waals surface area contributed by atoms with E-state index in [0.717, 1.165) is 22.3 Å². The van der Waals surface area contributed by atoms with Crippen molar-refractivity contribution in [2.75, 3.05) is 13.2 Å². The topological polar surface area (TPSA) is 105 Å². The number of halogens is 2. The fourth-order valence-corrected chi connectivity index (χ4v) is 3.76. The summed E-state index contributed by atoms with van der Waals surface area (Å²) in [5.74, 6) is -2.25. The highest BCUT2D eigenvalue weighted by Crippen LogP contribution is 2.44. The van der Waals surface area contributed by atoms with Gasteiger partial charge in [-0.1, -0.05) is 48.5 Å². The minimum Gasteiger partial charge on any atom is -0.481 e. The van der Waals surface area contributed by atoms with Crippen molar-refractivity contribution in [1.82, 2.24) is 10.6 Å². The molecule has 0 aromatic heterocycles. The molecule has 0 fully saturated rings. The Morgan fingerprint density at radius 1 is 1.00 bits per heavy atom. The van der Waals surface area contributed by atoms with Crippen LogP contribution in [-0.2, 0) is 14.3 Å². The van der Waals surface area contributed by atoms with E-state index >= 15 is 0 Å². The van der Waals surface area contributed by atoms with Crippen molar-refractivity contribution in [2.45, 2.75) is 37.6 Å². The van der Waals surface area contributed by atoms with Gasteiger partial charge in [-0.3, -0.25) is 9.59 Å². The molecule has 1 aliphatic rings. The van der Waals surface area contributed by atoms with Crippen molar-refractivity contribution in [3.8, 4) is 11.1 Å². The number of alkyl halides is 2. The Balaban J connectivity index is 1.59. The standard InChI is InChI=1S/C23H24F2N2O5/c24-20(25)10-5-11-26-22(30)19(12-21(28)29)27-23(31)32-13-18-16-8-3-1-6-14(16)15-7-2-4-9-17(15)18/h1-4,6-9,18-20H,5,10-13H2,(H,26,30)(H,27,31)(H,28,29). The molecular formula is C23H24F2N2O5. The molecule has 2 amide bonds. The number of rotatable bonds is 10. The number of carbonyl (C=O) groups is 3.